The molecule has 0 aliphatic carbocycles. The number of amides is 1. The fraction of sp³-hybridized carbons (Fsp3) is 0.263. The number of benzene rings is 2. The van der Waals surface area contributed by atoms with Gasteiger partial charge in [-0.3, -0.25) is 4.79 Å². The van der Waals surface area contributed by atoms with E-state index in [4.69, 9.17) is 16.3 Å². The van der Waals surface area contributed by atoms with Crippen molar-refractivity contribution in [2.24, 2.45) is 0 Å². The van der Waals surface area contributed by atoms with Gasteiger partial charge in [0.1, 0.15) is 16.5 Å². The fourth-order valence-electron chi connectivity index (χ4n) is 2.29. The molecule has 2 aromatic rings. The van der Waals surface area contributed by atoms with Crippen LogP contribution in [-0.4, -0.2) is 32.4 Å². The third-order valence-electron chi connectivity index (χ3n) is 3.44. The van der Waals surface area contributed by atoms with E-state index in [0.29, 0.717) is 6.07 Å². The van der Waals surface area contributed by atoms with E-state index in [2.05, 4.69) is 10.0 Å². The lowest BCUT2D eigenvalue weighted by atomic mass is 10.1. The predicted octanol–water partition coefficient (Wildman–Crippen LogP) is 3.49. The van der Waals surface area contributed by atoms with Crippen molar-refractivity contribution in [3.05, 3.63) is 58.6 Å². The topological polar surface area (TPSA) is 102 Å². The largest absolute Gasteiger partial charge is 0.452 e. The fourth-order valence-corrected chi connectivity index (χ4v) is 4.23. The standard InChI is InChI=1S/C19H19ClF2N2O5S/c1-19(2,3)24-30(27,28)16-8-11(4-6-13(16)20)18(26)29-10-17(25)23-15-7-5-12(21)9-14(15)22/h4-9,24H,10H2,1-3H3,(H,23,25). The highest BCUT2D eigenvalue weighted by molar-refractivity contribution is 7.89. The maximum atomic E-state index is 13.5. The summed E-state index contributed by atoms with van der Waals surface area (Å²) < 4.78 is 58.7. The number of carbonyl (C=O) groups is 2. The van der Waals surface area contributed by atoms with Crippen LogP contribution in [0.25, 0.3) is 0 Å². The van der Waals surface area contributed by atoms with Gasteiger partial charge in [0.2, 0.25) is 10.0 Å². The molecular weight excluding hydrogens is 442 g/mol. The second-order valence-electron chi connectivity index (χ2n) is 7.25. The highest BCUT2D eigenvalue weighted by Gasteiger charge is 2.25. The number of hydrogen-bond acceptors (Lipinski definition) is 5. The van der Waals surface area contributed by atoms with Crippen LogP contribution in [-0.2, 0) is 19.6 Å². The molecule has 0 aliphatic rings. The molecule has 0 bridgehead atoms. The summed E-state index contributed by atoms with van der Waals surface area (Å²) >= 11 is 5.96. The van der Waals surface area contributed by atoms with E-state index in [0.717, 1.165) is 18.2 Å². The zero-order valence-electron chi connectivity index (χ0n) is 16.3. The molecule has 7 nitrogen and oxygen atoms in total. The van der Waals surface area contributed by atoms with E-state index in [1.165, 1.54) is 12.1 Å². The van der Waals surface area contributed by atoms with Gasteiger partial charge in [0.25, 0.3) is 5.91 Å². The maximum Gasteiger partial charge on any atom is 0.338 e. The lowest BCUT2D eigenvalue weighted by molar-refractivity contribution is -0.119. The first-order valence-electron chi connectivity index (χ1n) is 8.54. The Morgan fingerprint density at radius 2 is 1.77 bits per heavy atom. The summed E-state index contributed by atoms with van der Waals surface area (Å²) in [6, 6.07) is 6.02. The Balaban J connectivity index is 2.09. The number of hydrogen-bond donors (Lipinski definition) is 2. The van der Waals surface area contributed by atoms with Gasteiger partial charge in [-0.25, -0.2) is 26.7 Å². The number of halogens is 3. The Morgan fingerprint density at radius 1 is 1.10 bits per heavy atom. The molecule has 162 valence electrons. The molecule has 2 aromatic carbocycles. The second kappa shape index (κ2) is 9.07. The van der Waals surface area contributed by atoms with Gasteiger partial charge in [-0.1, -0.05) is 11.6 Å². The van der Waals surface area contributed by atoms with Crippen LogP contribution in [0.5, 0.6) is 0 Å². The number of esters is 1. The van der Waals surface area contributed by atoms with Crippen molar-refractivity contribution in [1.82, 2.24) is 4.72 Å². The van der Waals surface area contributed by atoms with Crippen molar-refractivity contribution in [2.75, 3.05) is 11.9 Å². The molecule has 0 aliphatic heterocycles. The zero-order valence-corrected chi connectivity index (χ0v) is 17.8. The summed E-state index contributed by atoms with van der Waals surface area (Å²) in [5.74, 6) is -3.67. The van der Waals surface area contributed by atoms with E-state index in [9.17, 15) is 26.8 Å². The first kappa shape index (κ1) is 23.7. The van der Waals surface area contributed by atoms with Crippen LogP contribution in [0.2, 0.25) is 5.02 Å². The molecule has 2 rings (SSSR count). The van der Waals surface area contributed by atoms with E-state index >= 15 is 0 Å². The van der Waals surface area contributed by atoms with Crippen molar-refractivity contribution in [1.29, 1.82) is 0 Å². The van der Waals surface area contributed by atoms with Gasteiger partial charge in [-0.05, 0) is 51.1 Å². The highest BCUT2D eigenvalue weighted by atomic mass is 35.5. The normalized spacial score (nSPS) is 11.8. The Labute approximate surface area is 177 Å². The molecule has 1 amide bonds. The molecule has 11 heteroatoms. The summed E-state index contributed by atoms with van der Waals surface area (Å²) in [5, 5.41) is 2.03. The monoisotopic (exact) mass is 460 g/mol. The Morgan fingerprint density at radius 3 is 2.37 bits per heavy atom. The summed E-state index contributed by atoms with van der Waals surface area (Å²) in [6.45, 7) is 4.14. The van der Waals surface area contributed by atoms with Crippen LogP contribution in [0, 0.1) is 11.6 Å². The van der Waals surface area contributed by atoms with E-state index in [-0.39, 0.29) is 21.2 Å². The van der Waals surface area contributed by atoms with Crippen LogP contribution in [0.3, 0.4) is 0 Å². The minimum atomic E-state index is -4.03. The van der Waals surface area contributed by atoms with E-state index in [1.807, 2.05) is 0 Å². The van der Waals surface area contributed by atoms with Gasteiger partial charge >= 0.3 is 5.97 Å². The quantitative estimate of drug-likeness (QED) is 0.642. The Bertz CT molecular complexity index is 1080. The number of carbonyl (C=O) groups excluding carboxylic acids is 2. The number of nitrogens with one attached hydrogen (secondary N) is 2. The van der Waals surface area contributed by atoms with Gasteiger partial charge in [-0.2, -0.15) is 0 Å². The number of ether oxygens (including phenoxy) is 1. The van der Waals surface area contributed by atoms with Gasteiger partial charge < -0.3 is 10.1 Å². The molecule has 0 unspecified atom stereocenters. The second-order valence-corrected chi connectivity index (χ2v) is 9.31. The molecule has 0 spiro atoms. The number of anilines is 1. The predicted molar refractivity (Wildman–Crippen MR) is 107 cm³/mol. The molecule has 0 atom stereocenters. The van der Waals surface area contributed by atoms with E-state index < -0.39 is 45.7 Å². The van der Waals surface area contributed by atoms with Crippen molar-refractivity contribution in [2.45, 2.75) is 31.2 Å². The van der Waals surface area contributed by atoms with Gasteiger partial charge in [0.05, 0.1) is 16.3 Å². The summed E-state index contributed by atoms with van der Waals surface area (Å²) in [4.78, 5) is 23.7. The lowest BCUT2D eigenvalue weighted by Gasteiger charge is -2.21. The smallest absolute Gasteiger partial charge is 0.338 e. The molecule has 0 aromatic heterocycles. The number of sulfonamides is 1. The molecule has 0 heterocycles. The first-order chi connectivity index (χ1) is 13.8. The molecule has 2 N–H and O–H groups in total. The molecule has 30 heavy (non-hydrogen) atoms. The average Bonchev–Trinajstić information content (AvgIpc) is 2.60. The summed E-state index contributed by atoms with van der Waals surface area (Å²) in [6.07, 6.45) is 0. The zero-order chi connectivity index (χ0) is 22.7. The van der Waals surface area contributed by atoms with Crippen molar-refractivity contribution >= 4 is 39.2 Å². The van der Waals surface area contributed by atoms with Crippen LogP contribution in [0.1, 0.15) is 31.1 Å². The highest BCUT2D eigenvalue weighted by Crippen LogP contribution is 2.24. The lowest BCUT2D eigenvalue weighted by Crippen LogP contribution is -2.40. The van der Waals surface area contributed by atoms with Gasteiger partial charge in [0.15, 0.2) is 6.61 Å². The van der Waals surface area contributed by atoms with Crippen LogP contribution in [0.4, 0.5) is 14.5 Å². The van der Waals surface area contributed by atoms with Crippen molar-refractivity contribution < 1.29 is 31.5 Å². The maximum absolute atomic E-state index is 13.5. The molecular formula is C19H19ClF2N2O5S. The van der Waals surface area contributed by atoms with Crippen molar-refractivity contribution in [3.63, 3.8) is 0 Å². The van der Waals surface area contributed by atoms with E-state index in [1.54, 1.807) is 20.8 Å². The first-order valence-corrected chi connectivity index (χ1v) is 10.4. The molecule has 0 fully saturated rings. The van der Waals surface area contributed by atoms with Gasteiger partial charge in [-0.15, -0.1) is 0 Å². The SMILES string of the molecule is CC(C)(C)NS(=O)(=O)c1cc(C(=O)OCC(=O)Nc2ccc(F)cc2F)ccc1Cl. The molecule has 0 radical (unpaired) electrons. The Hall–Kier alpha value is -2.56. The van der Waals surface area contributed by atoms with Gasteiger partial charge in [0, 0.05) is 11.6 Å². The van der Waals surface area contributed by atoms with Crippen LogP contribution < -0.4 is 10.0 Å². The summed E-state index contributed by atoms with van der Waals surface area (Å²) in [5.41, 5.74) is -1.23. The van der Waals surface area contributed by atoms with Crippen LogP contribution in [0.15, 0.2) is 41.3 Å². The average molecular weight is 461 g/mol. The Kier molecular flexibility index (Phi) is 7.17. The number of rotatable bonds is 6. The molecule has 0 saturated carbocycles. The third-order valence-corrected chi connectivity index (χ3v) is 5.68. The summed E-state index contributed by atoms with van der Waals surface area (Å²) in [7, 11) is -4.03. The van der Waals surface area contributed by atoms with Crippen LogP contribution >= 0.6 is 11.6 Å². The third kappa shape index (κ3) is 6.48. The van der Waals surface area contributed by atoms with Crippen molar-refractivity contribution in [3.8, 4) is 0 Å². The minimum absolute atomic E-state index is 0.104. The molecule has 0 saturated heterocycles. The minimum Gasteiger partial charge on any atom is -0.452 e.